The molecule has 0 fully saturated rings. The maximum atomic E-state index is 12.1. The normalized spacial score (nSPS) is 10.5. The third kappa shape index (κ3) is 3.40. The molecule has 0 aliphatic rings. The summed E-state index contributed by atoms with van der Waals surface area (Å²) < 4.78 is 2.96. The first kappa shape index (κ1) is 15.5. The molecule has 0 atom stereocenters. The summed E-state index contributed by atoms with van der Waals surface area (Å²) >= 11 is 0. The van der Waals surface area contributed by atoms with E-state index in [4.69, 9.17) is 0 Å². The van der Waals surface area contributed by atoms with Gasteiger partial charge in [-0.2, -0.15) is 5.10 Å². The number of hydrogen-bond acceptors (Lipinski definition) is 4. The number of hydrogen-bond donors (Lipinski definition) is 2. The average Bonchev–Trinajstić information content (AvgIpc) is 2.86. The summed E-state index contributed by atoms with van der Waals surface area (Å²) in [5.74, 6) is -1.78. The van der Waals surface area contributed by atoms with Crippen LogP contribution in [0.1, 0.15) is 19.9 Å². The van der Waals surface area contributed by atoms with E-state index < -0.39 is 11.8 Å². The summed E-state index contributed by atoms with van der Waals surface area (Å²) in [5.41, 5.74) is 0.0952. The Labute approximate surface area is 126 Å². The van der Waals surface area contributed by atoms with Crippen molar-refractivity contribution >= 4 is 23.2 Å². The Kier molecular flexibility index (Phi) is 4.40. The smallest absolute Gasteiger partial charge is 0.314 e. The standard InChI is InChI=1S/C14H17N5O3/c1-9(2)19-6-4-5-11(14(19)22)17-13(21)12(20)16-10-7-15-18(3)8-10/h4-9H,1-3H3,(H,16,20)(H,17,21). The zero-order valence-corrected chi connectivity index (χ0v) is 12.5. The van der Waals surface area contributed by atoms with Gasteiger partial charge in [-0.05, 0) is 26.0 Å². The van der Waals surface area contributed by atoms with E-state index in [1.165, 1.54) is 21.5 Å². The number of aromatic nitrogens is 3. The molecule has 2 aromatic heterocycles. The summed E-state index contributed by atoms with van der Waals surface area (Å²) in [5, 5.41) is 8.59. The second-order valence-electron chi connectivity index (χ2n) is 5.04. The minimum Gasteiger partial charge on any atom is -0.315 e. The number of aryl methyl sites for hydroxylation is 1. The minimum atomic E-state index is -0.914. The van der Waals surface area contributed by atoms with Gasteiger partial charge >= 0.3 is 11.8 Å². The van der Waals surface area contributed by atoms with Gasteiger partial charge in [-0.1, -0.05) is 0 Å². The molecule has 2 amide bonds. The predicted octanol–water partition coefficient (Wildman–Crippen LogP) is 0.740. The van der Waals surface area contributed by atoms with Crippen molar-refractivity contribution in [2.45, 2.75) is 19.9 Å². The molecule has 2 heterocycles. The first-order valence-corrected chi connectivity index (χ1v) is 6.70. The van der Waals surface area contributed by atoms with Crippen molar-refractivity contribution in [2.24, 2.45) is 7.05 Å². The van der Waals surface area contributed by atoms with Gasteiger partial charge in [0.25, 0.3) is 5.56 Å². The lowest BCUT2D eigenvalue weighted by atomic mass is 10.3. The maximum Gasteiger partial charge on any atom is 0.314 e. The highest BCUT2D eigenvalue weighted by Gasteiger charge is 2.17. The number of rotatable bonds is 3. The maximum absolute atomic E-state index is 12.1. The van der Waals surface area contributed by atoms with Crippen LogP contribution in [0.4, 0.5) is 11.4 Å². The van der Waals surface area contributed by atoms with Crippen LogP contribution in [0.25, 0.3) is 0 Å². The predicted molar refractivity (Wildman–Crippen MR) is 81.6 cm³/mol. The van der Waals surface area contributed by atoms with Crippen LogP contribution in [0.15, 0.2) is 35.5 Å². The number of pyridine rings is 1. The van der Waals surface area contributed by atoms with Crippen LogP contribution in [0.2, 0.25) is 0 Å². The van der Waals surface area contributed by atoms with Crippen LogP contribution in [0, 0.1) is 0 Å². The number of carbonyl (C=O) groups excluding carboxylic acids is 2. The summed E-state index contributed by atoms with van der Waals surface area (Å²) in [7, 11) is 1.69. The van der Waals surface area contributed by atoms with Gasteiger partial charge < -0.3 is 15.2 Å². The Morgan fingerprint density at radius 2 is 1.91 bits per heavy atom. The van der Waals surface area contributed by atoms with Gasteiger partial charge in [0.1, 0.15) is 5.69 Å². The Bertz CT molecular complexity index is 760. The molecule has 0 aliphatic heterocycles. The van der Waals surface area contributed by atoms with Gasteiger partial charge in [0.2, 0.25) is 0 Å². The van der Waals surface area contributed by atoms with Crippen LogP contribution in [-0.4, -0.2) is 26.2 Å². The van der Waals surface area contributed by atoms with E-state index >= 15 is 0 Å². The van der Waals surface area contributed by atoms with Gasteiger partial charge in [-0.15, -0.1) is 0 Å². The number of amides is 2. The molecule has 0 spiro atoms. The van der Waals surface area contributed by atoms with Crippen molar-refractivity contribution < 1.29 is 9.59 Å². The van der Waals surface area contributed by atoms with Crippen LogP contribution >= 0.6 is 0 Å². The lowest BCUT2D eigenvalue weighted by molar-refractivity contribution is -0.133. The van der Waals surface area contributed by atoms with Crippen LogP contribution < -0.4 is 16.2 Å². The van der Waals surface area contributed by atoms with Crippen molar-refractivity contribution in [3.8, 4) is 0 Å². The average molecular weight is 303 g/mol. The lowest BCUT2D eigenvalue weighted by Gasteiger charge is -2.11. The highest BCUT2D eigenvalue weighted by Crippen LogP contribution is 2.06. The van der Waals surface area contributed by atoms with E-state index in [2.05, 4.69) is 15.7 Å². The molecule has 116 valence electrons. The molecule has 8 heteroatoms. The minimum absolute atomic E-state index is 0.0476. The van der Waals surface area contributed by atoms with E-state index in [1.807, 2.05) is 13.8 Å². The first-order valence-electron chi connectivity index (χ1n) is 6.70. The highest BCUT2D eigenvalue weighted by molar-refractivity contribution is 6.43. The topological polar surface area (TPSA) is 98.0 Å². The van der Waals surface area contributed by atoms with Crippen molar-refractivity contribution in [1.82, 2.24) is 14.3 Å². The fourth-order valence-corrected chi connectivity index (χ4v) is 1.86. The van der Waals surface area contributed by atoms with Gasteiger partial charge in [-0.3, -0.25) is 19.1 Å². The quantitative estimate of drug-likeness (QED) is 0.817. The largest absolute Gasteiger partial charge is 0.315 e. The van der Waals surface area contributed by atoms with E-state index in [9.17, 15) is 14.4 Å². The first-order chi connectivity index (χ1) is 10.4. The molecular formula is C14H17N5O3. The van der Waals surface area contributed by atoms with E-state index in [0.29, 0.717) is 5.69 Å². The molecular weight excluding hydrogens is 286 g/mol. The summed E-state index contributed by atoms with van der Waals surface area (Å²) in [6.45, 7) is 3.70. The third-order valence-electron chi connectivity index (χ3n) is 2.95. The summed E-state index contributed by atoms with van der Waals surface area (Å²) in [6.07, 6.45) is 4.59. The lowest BCUT2D eigenvalue weighted by Crippen LogP contribution is -2.33. The van der Waals surface area contributed by atoms with Crippen LogP contribution in [0.5, 0.6) is 0 Å². The molecule has 8 nitrogen and oxygen atoms in total. The molecule has 2 rings (SSSR count). The summed E-state index contributed by atoms with van der Waals surface area (Å²) in [6, 6.07) is 3.04. The van der Waals surface area contributed by atoms with Crippen molar-refractivity contribution in [2.75, 3.05) is 10.6 Å². The third-order valence-corrected chi connectivity index (χ3v) is 2.95. The van der Waals surface area contributed by atoms with Gasteiger partial charge in [0, 0.05) is 25.5 Å². The summed E-state index contributed by atoms with van der Waals surface area (Å²) in [4.78, 5) is 35.8. The molecule has 22 heavy (non-hydrogen) atoms. The molecule has 0 saturated heterocycles. The molecule has 0 aliphatic carbocycles. The SMILES string of the molecule is CC(C)n1cccc(NC(=O)C(=O)Nc2cnn(C)c2)c1=O. The van der Waals surface area contributed by atoms with Crippen LogP contribution in [0.3, 0.4) is 0 Å². The Hall–Kier alpha value is -2.90. The second kappa shape index (κ2) is 6.25. The van der Waals surface area contributed by atoms with E-state index in [0.717, 1.165) is 0 Å². The fraction of sp³-hybridized carbons (Fsp3) is 0.286. The van der Waals surface area contributed by atoms with Gasteiger partial charge in [-0.25, -0.2) is 0 Å². The van der Waals surface area contributed by atoms with Gasteiger partial charge in [0.15, 0.2) is 0 Å². The Morgan fingerprint density at radius 3 is 2.50 bits per heavy atom. The second-order valence-corrected chi connectivity index (χ2v) is 5.04. The van der Waals surface area contributed by atoms with Crippen molar-refractivity contribution in [3.05, 3.63) is 41.1 Å². The van der Waals surface area contributed by atoms with E-state index in [-0.39, 0.29) is 17.3 Å². The van der Waals surface area contributed by atoms with E-state index in [1.54, 1.807) is 25.5 Å². The Balaban J connectivity index is 2.10. The molecule has 0 radical (unpaired) electrons. The van der Waals surface area contributed by atoms with Gasteiger partial charge in [0.05, 0.1) is 11.9 Å². The number of nitrogens with one attached hydrogen (secondary N) is 2. The zero-order chi connectivity index (χ0) is 16.3. The number of nitrogens with zero attached hydrogens (tertiary/aromatic N) is 3. The molecule has 0 unspecified atom stereocenters. The molecule has 0 aromatic carbocycles. The molecule has 0 bridgehead atoms. The van der Waals surface area contributed by atoms with Crippen molar-refractivity contribution in [1.29, 1.82) is 0 Å². The molecule has 0 saturated carbocycles. The zero-order valence-electron chi connectivity index (χ0n) is 12.5. The number of anilines is 2. The Morgan fingerprint density at radius 1 is 1.23 bits per heavy atom. The number of carbonyl (C=O) groups is 2. The van der Waals surface area contributed by atoms with Crippen LogP contribution in [-0.2, 0) is 16.6 Å². The highest BCUT2D eigenvalue weighted by atomic mass is 16.2. The molecule has 2 aromatic rings. The monoisotopic (exact) mass is 303 g/mol. The molecule has 2 N–H and O–H groups in total. The van der Waals surface area contributed by atoms with Crippen molar-refractivity contribution in [3.63, 3.8) is 0 Å². The fourth-order valence-electron chi connectivity index (χ4n) is 1.86.